The second-order valence-electron chi connectivity index (χ2n) is 4.85. The lowest BCUT2D eigenvalue weighted by molar-refractivity contribution is 0.102. The van der Waals surface area contributed by atoms with E-state index >= 15 is 0 Å². The van der Waals surface area contributed by atoms with Crippen molar-refractivity contribution in [3.05, 3.63) is 33.0 Å². The van der Waals surface area contributed by atoms with Crippen molar-refractivity contribution >= 4 is 33.7 Å². The van der Waals surface area contributed by atoms with Crippen LogP contribution in [0.2, 0.25) is 0 Å². The first-order valence-corrected chi connectivity index (χ1v) is 8.17. The average Bonchev–Trinajstić information content (AvgIpc) is 2.96. The minimum absolute atomic E-state index is 0.0523. The number of nitrogens with one attached hydrogen (secondary N) is 1. The molecule has 0 bridgehead atoms. The van der Waals surface area contributed by atoms with Crippen molar-refractivity contribution in [1.82, 2.24) is 4.98 Å². The van der Waals surface area contributed by atoms with Crippen LogP contribution < -0.4 is 5.32 Å². The Balaban J connectivity index is 2.05. The van der Waals surface area contributed by atoms with Crippen LogP contribution in [0.5, 0.6) is 0 Å². The number of aryl methyl sites for hydroxylation is 1. The summed E-state index contributed by atoms with van der Waals surface area (Å²) < 4.78 is 0. The summed E-state index contributed by atoms with van der Waals surface area (Å²) in [7, 11) is 0. The summed E-state index contributed by atoms with van der Waals surface area (Å²) in [5.74, 6) is 0.552. The number of hydrogen-bond acceptors (Lipinski definition) is 4. The fourth-order valence-electron chi connectivity index (χ4n) is 1.82. The van der Waals surface area contributed by atoms with Crippen LogP contribution in [0.25, 0.3) is 0 Å². The molecule has 0 aliphatic carbocycles. The molecule has 2 aromatic heterocycles. The maximum Gasteiger partial charge on any atom is 0.258 e. The number of amides is 1. The monoisotopic (exact) mass is 294 g/mol. The Morgan fingerprint density at radius 3 is 2.89 bits per heavy atom. The van der Waals surface area contributed by atoms with Gasteiger partial charge in [-0.3, -0.25) is 10.1 Å². The van der Waals surface area contributed by atoms with Crippen molar-refractivity contribution in [3.63, 3.8) is 0 Å². The predicted molar refractivity (Wildman–Crippen MR) is 82.3 cm³/mol. The molecular weight excluding hydrogens is 276 g/mol. The zero-order chi connectivity index (χ0) is 13.8. The van der Waals surface area contributed by atoms with Gasteiger partial charge in [0.2, 0.25) is 0 Å². The third-order valence-electron chi connectivity index (χ3n) is 2.75. The molecule has 0 spiro atoms. The van der Waals surface area contributed by atoms with Crippen LogP contribution in [0.4, 0.5) is 5.13 Å². The van der Waals surface area contributed by atoms with Gasteiger partial charge < -0.3 is 0 Å². The third-order valence-corrected chi connectivity index (χ3v) is 4.48. The Kier molecular flexibility index (Phi) is 4.71. The number of hydrogen-bond donors (Lipinski definition) is 1. The van der Waals surface area contributed by atoms with Crippen LogP contribution in [0.1, 0.15) is 41.6 Å². The van der Waals surface area contributed by atoms with E-state index in [9.17, 15) is 4.79 Å². The highest BCUT2D eigenvalue weighted by atomic mass is 32.1. The summed E-state index contributed by atoms with van der Waals surface area (Å²) in [6.45, 7) is 6.41. The minimum Gasteiger partial charge on any atom is -0.298 e. The van der Waals surface area contributed by atoms with Crippen LogP contribution >= 0.6 is 22.7 Å². The lowest BCUT2D eigenvalue weighted by atomic mass is 10.1. The molecular formula is C14H18N2OS2. The van der Waals surface area contributed by atoms with E-state index in [4.69, 9.17) is 0 Å². The average molecular weight is 294 g/mol. The van der Waals surface area contributed by atoms with E-state index < -0.39 is 0 Å². The first kappa shape index (κ1) is 14.2. The van der Waals surface area contributed by atoms with Crippen molar-refractivity contribution in [2.24, 2.45) is 5.92 Å². The van der Waals surface area contributed by atoms with E-state index in [0.29, 0.717) is 11.0 Å². The fraction of sp³-hybridized carbons (Fsp3) is 0.429. The highest BCUT2D eigenvalue weighted by Gasteiger charge is 2.13. The number of thiazole rings is 1. The lowest BCUT2D eigenvalue weighted by Gasteiger charge is -2.02. The number of carbonyl (C=O) groups excluding carboxylic acids is 1. The number of anilines is 1. The van der Waals surface area contributed by atoms with Crippen LogP contribution in [-0.2, 0) is 12.8 Å². The van der Waals surface area contributed by atoms with Gasteiger partial charge >= 0.3 is 0 Å². The topological polar surface area (TPSA) is 42.0 Å². The van der Waals surface area contributed by atoms with Crippen molar-refractivity contribution in [2.75, 3.05) is 5.32 Å². The van der Waals surface area contributed by atoms with Gasteiger partial charge in [-0.25, -0.2) is 4.98 Å². The zero-order valence-electron chi connectivity index (χ0n) is 11.4. The molecule has 0 saturated carbocycles. The maximum absolute atomic E-state index is 12.1. The molecule has 0 fully saturated rings. The van der Waals surface area contributed by atoms with Gasteiger partial charge in [-0.1, -0.05) is 20.8 Å². The van der Waals surface area contributed by atoms with Crippen LogP contribution in [0, 0.1) is 5.92 Å². The van der Waals surface area contributed by atoms with E-state index in [1.54, 1.807) is 22.7 Å². The van der Waals surface area contributed by atoms with Gasteiger partial charge in [0.25, 0.3) is 5.91 Å². The molecule has 2 aromatic rings. The molecule has 0 aliphatic rings. The molecule has 0 atom stereocenters. The largest absolute Gasteiger partial charge is 0.298 e. The van der Waals surface area contributed by atoms with Gasteiger partial charge in [0, 0.05) is 16.5 Å². The minimum atomic E-state index is -0.0523. The number of carbonyl (C=O) groups is 1. The Morgan fingerprint density at radius 2 is 2.21 bits per heavy atom. The van der Waals surface area contributed by atoms with E-state index in [2.05, 4.69) is 31.1 Å². The molecule has 0 saturated heterocycles. The highest BCUT2D eigenvalue weighted by Crippen LogP contribution is 2.23. The first-order chi connectivity index (χ1) is 9.10. The Labute approximate surface area is 121 Å². The van der Waals surface area contributed by atoms with E-state index in [1.165, 1.54) is 4.88 Å². The second kappa shape index (κ2) is 6.30. The molecule has 1 amide bonds. The van der Waals surface area contributed by atoms with Crippen molar-refractivity contribution in [2.45, 2.75) is 33.6 Å². The molecule has 19 heavy (non-hydrogen) atoms. The fourth-order valence-corrected chi connectivity index (χ4v) is 3.76. The molecule has 1 N–H and O–H groups in total. The molecule has 0 aromatic carbocycles. The Morgan fingerprint density at radius 1 is 1.42 bits per heavy atom. The molecule has 5 heteroatoms. The first-order valence-electron chi connectivity index (χ1n) is 6.41. The second-order valence-corrected chi connectivity index (χ2v) is 6.71. The van der Waals surface area contributed by atoms with Gasteiger partial charge in [0.05, 0.1) is 5.56 Å². The zero-order valence-corrected chi connectivity index (χ0v) is 13.0. The molecule has 0 radical (unpaired) electrons. The van der Waals surface area contributed by atoms with Gasteiger partial charge in [-0.15, -0.1) is 11.3 Å². The summed E-state index contributed by atoms with van der Waals surface area (Å²) in [6.07, 6.45) is 3.74. The number of nitrogens with zero attached hydrogens (tertiary/aromatic N) is 1. The third kappa shape index (κ3) is 3.64. The SMILES string of the molecule is CCc1cscc1C(=O)Nc1ncc(CC(C)C)s1. The summed E-state index contributed by atoms with van der Waals surface area (Å²) in [5.41, 5.74) is 1.87. The highest BCUT2D eigenvalue weighted by molar-refractivity contribution is 7.15. The molecule has 0 unspecified atom stereocenters. The van der Waals surface area contributed by atoms with E-state index in [1.807, 2.05) is 17.0 Å². The number of rotatable bonds is 5. The van der Waals surface area contributed by atoms with Crippen molar-refractivity contribution < 1.29 is 4.79 Å². The summed E-state index contributed by atoms with van der Waals surface area (Å²) in [4.78, 5) is 17.6. The lowest BCUT2D eigenvalue weighted by Crippen LogP contribution is -2.12. The molecule has 0 aliphatic heterocycles. The van der Waals surface area contributed by atoms with Crippen molar-refractivity contribution in [3.8, 4) is 0 Å². The summed E-state index contributed by atoms with van der Waals surface area (Å²) in [6, 6.07) is 0. The molecule has 3 nitrogen and oxygen atoms in total. The number of aromatic nitrogens is 1. The van der Waals surface area contributed by atoms with Gasteiger partial charge in [-0.2, -0.15) is 11.3 Å². The van der Waals surface area contributed by atoms with Crippen LogP contribution in [0.3, 0.4) is 0 Å². The number of thiophene rings is 1. The van der Waals surface area contributed by atoms with Crippen LogP contribution in [0.15, 0.2) is 17.0 Å². The Hall–Kier alpha value is -1.20. The van der Waals surface area contributed by atoms with Crippen LogP contribution in [-0.4, -0.2) is 10.9 Å². The summed E-state index contributed by atoms with van der Waals surface area (Å²) in [5, 5.41) is 7.50. The Bertz CT molecular complexity index is 557. The van der Waals surface area contributed by atoms with Crippen molar-refractivity contribution in [1.29, 1.82) is 0 Å². The predicted octanol–water partition coefficient (Wildman–Crippen LogP) is 4.22. The smallest absolute Gasteiger partial charge is 0.258 e. The quantitative estimate of drug-likeness (QED) is 0.897. The normalized spacial score (nSPS) is 10.9. The summed E-state index contributed by atoms with van der Waals surface area (Å²) >= 11 is 3.13. The van der Waals surface area contributed by atoms with E-state index in [-0.39, 0.29) is 5.91 Å². The molecule has 102 valence electrons. The van der Waals surface area contributed by atoms with E-state index in [0.717, 1.165) is 24.0 Å². The van der Waals surface area contributed by atoms with Gasteiger partial charge in [0.1, 0.15) is 0 Å². The molecule has 2 rings (SSSR count). The van der Waals surface area contributed by atoms with Gasteiger partial charge in [-0.05, 0) is 29.7 Å². The maximum atomic E-state index is 12.1. The standard InChI is InChI=1S/C14H18N2OS2/c1-4-10-7-18-8-12(10)13(17)16-14-15-6-11(19-14)5-9(2)3/h6-9H,4-5H2,1-3H3,(H,15,16,17). The molecule has 2 heterocycles. The van der Waals surface area contributed by atoms with Gasteiger partial charge in [0.15, 0.2) is 5.13 Å².